The molecule has 0 unspecified atom stereocenters. The van der Waals surface area contributed by atoms with Crippen molar-refractivity contribution in [2.45, 2.75) is 38.3 Å². The first-order valence-electron chi connectivity index (χ1n) is 11.4. The van der Waals surface area contributed by atoms with Gasteiger partial charge in [-0.2, -0.15) is 0 Å². The molecule has 0 aliphatic carbocycles. The lowest BCUT2D eigenvalue weighted by Gasteiger charge is -2.32. The first kappa shape index (κ1) is 22.1. The summed E-state index contributed by atoms with van der Waals surface area (Å²) in [5.74, 6) is 1.04. The number of likely N-dealkylation sites (tertiary alicyclic amines) is 1. The predicted octanol–water partition coefficient (Wildman–Crippen LogP) is 3.62. The largest absolute Gasteiger partial charge is 0.496 e. The Balaban J connectivity index is 1.23. The summed E-state index contributed by atoms with van der Waals surface area (Å²) in [6.45, 7) is 3.55. The number of nitrogens with zero attached hydrogens (tertiary/aromatic N) is 2. The number of ether oxygens (including phenoxy) is 1. The van der Waals surface area contributed by atoms with Gasteiger partial charge in [0.25, 0.3) is 0 Å². The number of carbonyl (C=O) groups excluding carboxylic acids is 2. The standard InChI is InChI=1S/C26H31N3O3/c1-32-24-6-3-2-5-21(24)19-28-17-14-22(15-18-28)27-25(30)13-10-20-8-11-23(12-9-20)29-16-4-7-26(29)31/h2-3,5-6,8-13,22H,4,7,14-19H2,1H3,(H,27,30). The van der Waals surface area contributed by atoms with Crippen molar-refractivity contribution in [2.75, 3.05) is 31.6 Å². The van der Waals surface area contributed by atoms with Crippen LogP contribution in [0.25, 0.3) is 6.08 Å². The van der Waals surface area contributed by atoms with Crippen LogP contribution in [-0.2, 0) is 16.1 Å². The first-order valence-corrected chi connectivity index (χ1v) is 11.4. The van der Waals surface area contributed by atoms with Gasteiger partial charge in [0.15, 0.2) is 0 Å². The molecule has 0 spiro atoms. The molecular formula is C26H31N3O3. The molecule has 2 aliphatic rings. The number of benzene rings is 2. The third-order valence-electron chi connectivity index (χ3n) is 6.23. The summed E-state index contributed by atoms with van der Waals surface area (Å²) in [5, 5.41) is 3.13. The van der Waals surface area contributed by atoms with Gasteiger partial charge in [-0.1, -0.05) is 30.3 Å². The van der Waals surface area contributed by atoms with Gasteiger partial charge in [-0.15, -0.1) is 0 Å². The van der Waals surface area contributed by atoms with E-state index < -0.39 is 0 Å². The molecule has 2 aromatic carbocycles. The van der Waals surface area contributed by atoms with Crippen molar-refractivity contribution >= 4 is 23.6 Å². The van der Waals surface area contributed by atoms with Crippen LogP contribution in [-0.4, -0.2) is 49.5 Å². The van der Waals surface area contributed by atoms with Gasteiger partial charge in [0.2, 0.25) is 11.8 Å². The van der Waals surface area contributed by atoms with Crippen LogP contribution < -0.4 is 15.0 Å². The number of piperidine rings is 1. The predicted molar refractivity (Wildman–Crippen MR) is 126 cm³/mol. The molecule has 4 rings (SSSR count). The molecule has 2 saturated heterocycles. The van der Waals surface area contributed by atoms with E-state index >= 15 is 0 Å². The molecule has 2 heterocycles. The molecular weight excluding hydrogens is 402 g/mol. The van der Waals surface area contributed by atoms with Crippen molar-refractivity contribution in [2.24, 2.45) is 0 Å². The van der Waals surface area contributed by atoms with Gasteiger partial charge in [-0.3, -0.25) is 14.5 Å². The summed E-state index contributed by atoms with van der Waals surface area (Å²) >= 11 is 0. The van der Waals surface area contributed by atoms with Crippen molar-refractivity contribution in [3.05, 3.63) is 65.7 Å². The molecule has 168 valence electrons. The van der Waals surface area contributed by atoms with Gasteiger partial charge in [0.1, 0.15) is 5.75 Å². The number of nitrogens with one attached hydrogen (secondary N) is 1. The molecule has 6 heteroatoms. The molecule has 0 radical (unpaired) electrons. The van der Waals surface area contributed by atoms with Crippen molar-refractivity contribution in [3.8, 4) is 5.75 Å². The summed E-state index contributed by atoms with van der Waals surface area (Å²) in [6, 6.07) is 16.1. The molecule has 0 bridgehead atoms. The van der Waals surface area contributed by atoms with Crippen LogP contribution >= 0.6 is 0 Å². The fourth-order valence-corrected chi connectivity index (χ4v) is 4.42. The number of para-hydroxylation sites is 1. The van der Waals surface area contributed by atoms with E-state index in [-0.39, 0.29) is 17.9 Å². The Morgan fingerprint density at radius 2 is 1.84 bits per heavy atom. The lowest BCUT2D eigenvalue weighted by atomic mass is 10.0. The van der Waals surface area contributed by atoms with E-state index in [1.54, 1.807) is 13.2 Å². The number of amides is 2. The molecule has 0 atom stereocenters. The van der Waals surface area contributed by atoms with E-state index in [0.717, 1.165) is 62.4 Å². The Morgan fingerprint density at radius 3 is 2.53 bits per heavy atom. The SMILES string of the molecule is COc1ccccc1CN1CCC(NC(=O)C=Cc2ccc(N3CCCC3=O)cc2)CC1. The maximum absolute atomic E-state index is 12.4. The Morgan fingerprint density at radius 1 is 1.09 bits per heavy atom. The molecule has 2 aromatic rings. The molecule has 32 heavy (non-hydrogen) atoms. The fraction of sp³-hybridized carbons (Fsp3) is 0.385. The Labute approximate surface area is 189 Å². The van der Waals surface area contributed by atoms with Gasteiger partial charge in [-0.05, 0) is 49.1 Å². The highest BCUT2D eigenvalue weighted by atomic mass is 16.5. The van der Waals surface area contributed by atoms with Crippen LogP contribution in [0.15, 0.2) is 54.6 Å². The van der Waals surface area contributed by atoms with Crippen molar-refractivity contribution < 1.29 is 14.3 Å². The normalized spacial score (nSPS) is 17.8. The van der Waals surface area contributed by atoms with Gasteiger partial charge < -0.3 is 15.0 Å². The molecule has 1 N–H and O–H groups in total. The zero-order chi connectivity index (χ0) is 22.3. The quantitative estimate of drug-likeness (QED) is 0.678. The minimum absolute atomic E-state index is 0.0630. The first-order chi connectivity index (χ1) is 15.6. The average molecular weight is 434 g/mol. The van der Waals surface area contributed by atoms with Gasteiger partial charge in [0.05, 0.1) is 7.11 Å². The summed E-state index contributed by atoms with van der Waals surface area (Å²) in [4.78, 5) is 28.5. The fourth-order valence-electron chi connectivity index (χ4n) is 4.42. The Kier molecular flexibility index (Phi) is 7.22. The van der Waals surface area contributed by atoms with Gasteiger partial charge in [0, 0.05) is 56.0 Å². The third kappa shape index (κ3) is 5.56. The molecule has 2 aliphatic heterocycles. The molecule has 2 fully saturated rings. The number of rotatable bonds is 7. The maximum atomic E-state index is 12.4. The van der Waals surface area contributed by atoms with Crippen LogP contribution in [0.1, 0.15) is 36.8 Å². The molecule has 0 aromatic heterocycles. The number of anilines is 1. The number of carbonyl (C=O) groups is 2. The second-order valence-corrected chi connectivity index (χ2v) is 8.44. The smallest absolute Gasteiger partial charge is 0.244 e. The lowest BCUT2D eigenvalue weighted by Crippen LogP contribution is -2.43. The number of methoxy groups -OCH3 is 1. The van der Waals surface area contributed by atoms with Crippen LogP contribution in [0.3, 0.4) is 0 Å². The minimum atomic E-state index is -0.0630. The van der Waals surface area contributed by atoms with Gasteiger partial charge >= 0.3 is 0 Å². The topological polar surface area (TPSA) is 61.9 Å². The van der Waals surface area contributed by atoms with Crippen molar-refractivity contribution in [1.29, 1.82) is 0 Å². The summed E-state index contributed by atoms with van der Waals surface area (Å²) in [7, 11) is 1.71. The summed E-state index contributed by atoms with van der Waals surface area (Å²) in [6.07, 6.45) is 6.83. The Hall–Kier alpha value is -3.12. The zero-order valence-corrected chi connectivity index (χ0v) is 18.6. The van der Waals surface area contributed by atoms with E-state index in [2.05, 4.69) is 16.3 Å². The molecule has 2 amide bonds. The van der Waals surface area contributed by atoms with Crippen LogP contribution in [0.2, 0.25) is 0 Å². The third-order valence-corrected chi connectivity index (χ3v) is 6.23. The average Bonchev–Trinajstić information content (AvgIpc) is 3.25. The Bertz CT molecular complexity index is 963. The van der Waals surface area contributed by atoms with Crippen LogP contribution in [0.5, 0.6) is 5.75 Å². The van der Waals surface area contributed by atoms with Gasteiger partial charge in [-0.25, -0.2) is 0 Å². The lowest BCUT2D eigenvalue weighted by molar-refractivity contribution is -0.118. The van der Waals surface area contributed by atoms with Crippen molar-refractivity contribution in [3.63, 3.8) is 0 Å². The summed E-state index contributed by atoms with van der Waals surface area (Å²) < 4.78 is 5.45. The second kappa shape index (κ2) is 10.5. The second-order valence-electron chi connectivity index (χ2n) is 8.44. The minimum Gasteiger partial charge on any atom is -0.496 e. The highest BCUT2D eigenvalue weighted by Crippen LogP contribution is 2.23. The van der Waals surface area contributed by atoms with Crippen LogP contribution in [0, 0.1) is 0 Å². The summed E-state index contributed by atoms with van der Waals surface area (Å²) in [5.41, 5.74) is 3.07. The van der Waals surface area contributed by atoms with E-state index in [0.29, 0.717) is 6.42 Å². The maximum Gasteiger partial charge on any atom is 0.244 e. The monoisotopic (exact) mass is 433 g/mol. The highest BCUT2D eigenvalue weighted by Gasteiger charge is 2.22. The van der Waals surface area contributed by atoms with E-state index in [4.69, 9.17) is 4.74 Å². The number of hydrogen-bond donors (Lipinski definition) is 1. The molecule has 6 nitrogen and oxygen atoms in total. The number of hydrogen-bond acceptors (Lipinski definition) is 4. The van der Waals surface area contributed by atoms with E-state index in [1.807, 2.05) is 53.4 Å². The van der Waals surface area contributed by atoms with E-state index in [1.165, 1.54) is 5.56 Å². The van der Waals surface area contributed by atoms with Crippen molar-refractivity contribution in [1.82, 2.24) is 10.2 Å². The van der Waals surface area contributed by atoms with Crippen LogP contribution in [0.4, 0.5) is 5.69 Å². The molecule has 0 saturated carbocycles. The van der Waals surface area contributed by atoms with E-state index in [9.17, 15) is 9.59 Å². The zero-order valence-electron chi connectivity index (χ0n) is 18.6. The highest BCUT2D eigenvalue weighted by molar-refractivity contribution is 5.95.